The van der Waals surface area contributed by atoms with Crippen LogP contribution in [0.25, 0.3) is 0 Å². The monoisotopic (exact) mass is 446 g/mol. The third kappa shape index (κ3) is 4.54. The van der Waals surface area contributed by atoms with Gasteiger partial charge in [0.15, 0.2) is 0 Å². The Morgan fingerprint density at radius 2 is 1.93 bits per heavy atom. The second-order valence-corrected chi connectivity index (χ2v) is 8.24. The SMILES string of the molecule is CCOC(=O)CN(c1cccc([N+](=O)[O-])c1C)S(=O)(=O)c1cc(Cl)ccc1Cl. The maximum absolute atomic E-state index is 13.3. The van der Waals surface area contributed by atoms with Crippen molar-refractivity contribution < 1.29 is 22.9 Å². The van der Waals surface area contributed by atoms with E-state index >= 15 is 0 Å². The second kappa shape index (κ2) is 8.76. The molecule has 0 N–H and O–H groups in total. The smallest absolute Gasteiger partial charge is 0.326 e. The summed E-state index contributed by atoms with van der Waals surface area (Å²) in [6.45, 7) is 2.31. The number of sulfonamides is 1. The van der Waals surface area contributed by atoms with Crippen LogP contribution in [0.3, 0.4) is 0 Å². The van der Waals surface area contributed by atoms with E-state index < -0.39 is 27.5 Å². The van der Waals surface area contributed by atoms with E-state index in [0.29, 0.717) is 0 Å². The van der Waals surface area contributed by atoms with Crippen LogP contribution in [-0.2, 0) is 19.6 Å². The van der Waals surface area contributed by atoms with Gasteiger partial charge in [0, 0.05) is 11.1 Å². The first-order valence-electron chi connectivity index (χ1n) is 7.97. The number of hydrogen-bond acceptors (Lipinski definition) is 6. The summed E-state index contributed by atoms with van der Waals surface area (Å²) in [5.41, 5.74) is -0.268. The highest BCUT2D eigenvalue weighted by atomic mass is 35.5. The van der Waals surface area contributed by atoms with Crippen LogP contribution in [0.4, 0.5) is 11.4 Å². The van der Waals surface area contributed by atoms with Gasteiger partial charge >= 0.3 is 5.97 Å². The van der Waals surface area contributed by atoms with E-state index in [4.69, 9.17) is 27.9 Å². The molecular weight excluding hydrogens is 431 g/mol. The summed E-state index contributed by atoms with van der Waals surface area (Å²) in [4.78, 5) is 22.3. The Kier molecular flexibility index (Phi) is 6.87. The van der Waals surface area contributed by atoms with Crippen LogP contribution < -0.4 is 4.31 Å². The molecule has 0 unspecified atom stereocenters. The van der Waals surface area contributed by atoms with E-state index in [0.717, 1.165) is 10.4 Å². The maximum Gasteiger partial charge on any atom is 0.326 e. The molecule has 0 fully saturated rings. The number of hydrogen-bond donors (Lipinski definition) is 0. The number of nitro benzene ring substituents is 1. The molecule has 0 spiro atoms. The third-order valence-corrected chi connectivity index (χ3v) is 6.26. The Balaban J connectivity index is 2.70. The lowest BCUT2D eigenvalue weighted by molar-refractivity contribution is -0.385. The second-order valence-electron chi connectivity index (χ2n) is 5.57. The topological polar surface area (TPSA) is 107 Å². The lowest BCUT2D eigenvalue weighted by atomic mass is 10.1. The highest BCUT2D eigenvalue weighted by molar-refractivity contribution is 7.93. The molecule has 11 heteroatoms. The Labute approximate surface area is 171 Å². The van der Waals surface area contributed by atoms with Crippen molar-refractivity contribution in [1.29, 1.82) is 0 Å². The zero-order valence-electron chi connectivity index (χ0n) is 14.9. The predicted octanol–water partition coefficient (Wildman–Crippen LogP) is 3.97. The van der Waals surface area contributed by atoms with Crippen LogP contribution >= 0.6 is 23.2 Å². The Morgan fingerprint density at radius 3 is 2.54 bits per heavy atom. The highest BCUT2D eigenvalue weighted by Crippen LogP contribution is 2.34. The fourth-order valence-electron chi connectivity index (χ4n) is 2.50. The summed E-state index contributed by atoms with van der Waals surface area (Å²) in [6.07, 6.45) is 0. The van der Waals surface area contributed by atoms with E-state index in [1.807, 2.05) is 0 Å². The average Bonchev–Trinajstić information content (AvgIpc) is 2.62. The molecule has 0 aliphatic carbocycles. The van der Waals surface area contributed by atoms with Gasteiger partial charge in [-0.3, -0.25) is 19.2 Å². The van der Waals surface area contributed by atoms with Crippen LogP contribution in [0.1, 0.15) is 12.5 Å². The van der Waals surface area contributed by atoms with Crippen LogP contribution in [0.5, 0.6) is 0 Å². The zero-order chi connectivity index (χ0) is 21.1. The summed E-state index contributed by atoms with van der Waals surface area (Å²) in [5, 5.41) is 11.3. The molecular formula is C17H16Cl2N2O6S. The van der Waals surface area contributed by atoms with Crippen molar-refractivity contribution in [2.24, 2.45) is 0 Å². The van der Waals surface area contributed by atoms with Crippen molar-refractivity contribution in [3.05, 3.63) is 62.1 Å². The molecule has 0 aliphatic rings. The summed E-state index contributed by atoms with van der Waals surface area (Å²) >= 11 is 11.9. The molecule has 2 aromatic carbocycles. The quantitative estimate of drug-likeness (QED) is 0.361. The molecule has 0 aromatic heterocycles. The third-order valence-electron chi connectivity index (χ3n) is 3.78. The van der Waals surface area contributed by atoms with E-state index in [9.17, 15) is 23.3 Å². The molecule has 0 amide bonds. The summed E-state index contributed by atoms with van der Waals surface area (Å²) in [6, 6.07) is 7.78. The maximum atomic E-state index is 13.3. The van der Waals surface area contributed by atoms with E-state index in [1.54, 1.807) is 6.92 Å². The minimum absolute atomic E-state index is 0.0402. The molecule has 0 aliphatic heterocycles. The summed E-state index contributed by atoms with van der Waals surface area (Å²) < 4.78 is 32.2. The van der Waals surface area contributed by atoms with Crippen LogP contribution in [0.2, 0.25) is 10.0 Å². The van der Waals surface area contributed by atoms with Crippen molar-refractivity contribution in [2.45, 2.75) is 18.7 Å². The lowest BCUT2D eigenvalue weighted by Crippen LogP contribution is -2.37. The zero-order valence-corrected chi connectivity index (χ0v) is 17.2. The van der Waals surface area contributed by atoms with Gasteiger partial charge in [-0.05, 0) is 38.1 Å². The molecule has 0 bridgehead atoms. The summed E-state index contributed by atoms with van der Waals surface area (Å²) in [5.74, 6) is -0.824. The number of anilines is 1. The van der Waals surface area contributed by atoms with Crippen molar-refractivity contribution in [1.82, 2.24) is 0 Å². The highest BCUT2D eigenvalue weighted by Gasteiger charge is 2.32. The Hall–Kier alpha value is -2.36. The number of carbonyl (C=O) groups excluding carboxylic acids is 1. The summed E-state index contributed by atoms with van der Waals surface area (Å²) in [7, 11) is -4.39. The van der Waals surface area contributed by atoms with Gasteiger partial charge in [-0.1, -0.05) is 29.3 Å². The van der Waals surface area contributed by atoms with Gasteiger partial charge in [0.2, 0.25) is 0 Å². The van der Waals surface area contributed by atoms with Crippen molar-refractivity contribution in [3.63, 3.8) is 0 Å². The van der Waals surface area contributed by atoms with Crippen LogP contribution in [0.15, 0.2) is 41.3 Å². The van der Waals surface area contributed by atoms with Gasteiger partial charge < -0.3 is 4.74 Å². The van der Waals surface area contributed by atoms with Crippen molar-refractivity contribution in [3.8, 4) is 0 Å². The van der Waals surface area contributed by atoms with Gasteiger partial charge in [-0.25, -0.2) is 8.42 Å². The molecule has 2 rings (SSSR count). The number of halogens is 2. The molecule has 0 saturated carbocycles. The first-order valence-corrected chi connectivity index (χ1v) is 10.2. The van der Waals surface area contributed by atoms with Crippen LogP contribution in [-0.4, -0.2) is 32.5 Å². The van der Waals surface area contributed by atoms with Gasteiger partial charge in [0.1, 0.15) is 11.4 Å². The largest absolute Gasteiger partial charge is 0.465 e. The van der Waals surface area contributed by atoms with Crippen molar-refractivity contribution in [2.75, 3.05) is 17.5 Å². The molecule has 8 nitrogen and oxygen atoms in total. The van der Waals surface area contributed by atoms with E-state index in [-0.39, 0.29) is 38.5 Å². The predicted molar refractivity (Wildman–Crippen MR) is 105 cm³/mol. The van der Waals surface area contributed by atoms with Gasteiger partial charge in [0.25, 0.3) is 15.7 Å². The molecule has 0 heterocycles. The van der Waals surface area contributed by atoms with Crippen molar-refractivity contribution >= 4 is 50.6 Å². The number of carbonyl (C=O) groups is 1. The molecule has 2 aromatic rings. The Bertz CT molecular complexity index is 1030. The average molecular weight is 447 g/mol. The fourth-order valence-corrected chi connectivity index (χ4v) is 4.70. The molecule has 0 atom stereocenters. The number of ether oxygens (including phenoxy) is 1. The number of benzene rings is 2. The minimum atomic E-state index is -4.39. The van der Waals surface area contributed by atoms with Gasteiger partial charge in [0.05, 0.1) is 27.8 Å². The number of nitrogens with zero attached hydrogens (tertiary/aromatic N) is 2. The normalized spacial score (nSPS) is 11.1. The molecule has 0 radical (unpaired) electrons. The number of rotatable bonds is 7. The minimum Gasteiger partial charge on any atom is -0.465 e. The first kappa shape index (κ1) is 21.9. The number of esters is 1. The standard InChI is InChI=1S/C17H16Cl2N2O6S/c1-3-27-17(22)10-20(14-5-4-6-15(11(14)2)21(23)24)28(25,26)16-9-12(18)7-8-13(16)19/h4-9H,3,10H2,1-2H3. The van der Waals surface area contributed by atoms with Gasteiger partial charge in [-0.2, -0.15) is 0 Å². The first-order chi connectivity index (χ1) is 13.1. The van der Waals surface area contributed by atoms with Crippen LogP contribution in [0, 0.1) is 17.0 Å². The Morgan fingerprint density at radius 1 is 1.25 bits per heavy atom. The lowest BCUT2D eigenvalue weighted by Gasteiger charge is -2.25. The van der Waals surface area contributed by atoms with E-state index in [1.165, 1.54) is 37.3 Å². The van der Waals surface area contributed by atoms with Gasteiger partial charge in [-0.15, -0.1) is 0 Å². The molecule has 0 saturated heterocycles. The fraction of sp³-hybridized carbons (Fsp3) is 0.235. The number of nitro groups is 1. The molecule has 150 valence electrons. The molecule has 28 heavy (non-hydrogen) atoms. The van der Waals surface area contributed by atoms with E-state index in [2.05, 4.69) is 0 Å².